The maximum absolute atomic E-state index is 12.9. The zero-order valence-electron chi connectivity index (χ0n) is 10.5. The lowest BCUT2D eigenvalue weighted by atomic mass is 10.1. The Morgan fingerprint density at radius 2 is 1.94 bits per heavy atom. The molecule has 94 valence electrons. The first-order valence-electron chi connectivity index (χ1n) is 5.62. The number of benzene rings is 1. The molecule has 18 heavy (non-hydrogen) atoms. The SMILES string of the molecule is Cc1cc(C(=O)Nc2ccc(F)cc2C)c(C)o1. The molecule has 0 aliphatic carbocycles. The van der Waals surface area contributed by atoms with Crippen molar-refractivity contribution in [2.75, 3.05) is 5.32 Å². The summed E-state index contributed by atoms with van der Waals surface area (Å²) in [4.78, 5) is 12.0. The second-order valence-electron chi connectivity index (χ2n) is 4.24. The summed E-state index contributed by atoms with van der Waals surface area (Å²) >= 11 is 0. The van der Waals surface area contributed by atoms with Gasteiger partial charge in [0.15, 0.2) is 0 Å². The largest absolute Gasteiger partial charge is 0.466 e. The summed E-state index contributed by atoms with van der Waals surface area (Å²) in [6.07, 6.45) is 0. The third kappa shape index (κ3) is 2.42. The standard InChI is InChI=1S/C14H14FNO2/c1-8-6-11(15)4-5-13(8)16-14(17)12-7-9(2)18-10(12)3/h4-7H,1-3H3,(H,16,17). The van der Waals surface area contributed by atoms with Crippen molar-refractivity contribution < 1.29 is 13.6 Å². The predicted octanol–water partition coefficient (Wildman–Crippen LogP) is 3.60. The van der Waals surface area contributed by atoms with Crippen LogP contribution in [0.3, 0.4) is 0 Å². The maximum Gasteiger partial charge on any atom is 0.259 e. The van der Waals surface area contributed by atoms with Gasteiger partial charge in [0.05, 0.1) is 5.56 Å². The molecule has 1 aromatic carbocycles. The topological polar surface area (TPSA) is 42.2 Å². The third-order valence-corrected chi connectivity index (χ3v) is 2.72. The first-order chi connectivity index (χ1) is 8.47. The summed E-state index contributed by atoms with van der Waals surface area (Å²) < 4.78 is 18.2. The van der Waals surface area contributed by atoms with E-state index in [-0.39, 0.29) is 11.7 Å². The van der Waals surface area contributed by atoms with Crippen LogP contribution in [0, 0.1) is 26.6 Å². The summed E-state index contributed by atoms with van der Waals surface area (Å²) in [6, 6.07) is 5.92. The van der Waals surface area contributed by atoms with E-state index in [1.807, 2.05) is 0 Å². The quantitative estimate of drug-likeness (QED) is 0.881. The van der Waals surface area contributed by atoms with Crippen LogP contribution in [0.5, 0.6) is 0 Å². The zero-order valence-corrected chi connectivity index (χ0v) is 10.5. The van der Waals surface area contributed by atoms with Crippen LogP contribution >= 0.6 is 0 Å². The Balaban J connectivity index is 2.24. The summed E-state index contributed by atoms with van der Waals surface area (Å²) in [6.45, 7) is 5.26. The average Bonchev–Trinajstić information content (AvgIpc) is 2.62. The van der Waals surface area contributed by atoms with E-state index in [0.29, 0.717) is 28.3 Å². The number of hydrogen-bond donors (Lipinski definition) is 1. The number of halogens is 1. The van der Waals surface area contributed by atoms with Crippen molar-refractivity contribution in [3.05, 3.63) is 52.7 Å². The molecule has 1 heterocycles. The van der Waals surface area contributed by atoms with E-state index in [2.05, 4.69) is 5.32 Å². The molecule has 0 fully saturated rings. The summed E-state index contributed by atoms with van der Waals surface area (Å²) in [7, 11) is 0. The van der Waals surface area contributed by atoms with Gasteiger partial charge in [-0.2, -0.15) is 0 Å². The summed E-state index contributed by atoms with van der Waals surface area (Å²) in [5.74, 6) is 0.693. The highest BCUT2D eigenvalue weighted by atomic mass is 19.1. The van der Waals surface area contributed by atoms with Crippen LogP contribution in [-0.2, 0) is 0 Å². The Labute approximate surface area is 105 Å². The van der Waals surface area contributed by atoms with Gasteiger partial charge >= 0.3 is 0 Å². The highest BCUT2D eigenvalue weighted by molar-refractivity contribution is 6.05. The monoisotopic (exact) mass is 247 g/mol. The van der Waals surface area contributed by atoms with Gasteiger partial charge in [0.25, 0.3) is 5.91 Å². The lowest BCUT2D eigenvalue weighted by Gasteiger charge is -2.07. The van der Waals surface area contributed by atoms with E-state index in [9.17, 15) is 9.18 Å². The number of carbonyl (C=O) groups excluding carboxylic acids is 1. The molecule has 0 saturated carbocycles. The molecule has 0 atom stereocenters. The van der Waals surface area contributed by atoms with Gasteiger partial charge in [-0.25, -0.2) is 4.39 Å². The van der Waals surface area contributed by atoms with Gasteiger partial charge in [0.2, 0.25) is 0 Å². The third-order valence-electron chi connectivity index (χ3n) is 2.72. The minimum atomic E-state index is -0.319. The van der Waals surface area contributed by atoms with E-state index in [0.717, 1.165) is 0 Å². The van der Waals surface area contributed by atoms with Crippen molar-refractivity contribution in [3.8, 4) is 0 Å². The van der Waals surface area contributed by atoms with Crippen molar-refractivity contribution >= 4 is 11.6 Å². The highest BCUT2D eigenvalue weighted by Gasteiger charge is 2.14. The average molecular weight is 247 g/mol. The Morgan fingerprint density at radius 3 is 2.50 bits per heavy atom. The van der Waals surface area contributed by atoms with E-state index >= 15 is 0 Å². The van der Waals surface area contributed by atoms with Crippen molar-refractivity contribution in [1.29, 1.82) is 0 Å². The number of carbonyl (C=O) groups is 1. The maximum atomic E-state index is 12.9. The normalized spacial score (nSPS) is 10.4. The molecule has 2 rings (SSSR count). The minimum absolute atomic E-state index is 0.251. The zero-order chi connectivity index (χ0) is 13.3. The first-order valence-corrected chi connectivity index (χ1v) is 5.62. The molecule has 0 aliphatic heterocycles. The molecular formula is C14H14FNO2. The fourth-order valence-electron chi connectivity index (χ4n) is 1.81. The molecular weight excluding hydrogens is 233 g/mol. The fraction of sp³-hybridized carbons (Fsp3) is 0.214. The number of anilines is 1. The van der Waals surface area contributed by atoms with Crippen molar-refractivity contribution in [2.24, 2.45) is 0 Å². The van der Waals surface area contributed by atoms with E-state index in [1.165, 1.54) is 12.1 Å². The molecule has 2 aromatic rings. The first kappa shape index (κ1) is 12.4. The number of furan rings is 1. The van der Waals surface area contributed by atoms with Gasteiger partial charge in [0.1, 0.15) is 17.3 Å². The van der Waals surface area contributed by atoms with Crippen LogP contribution in [0.25, 0.3) is 0 Å². The van der Waals surface area contributed by atoms with Gasteiger partial charge in [0, 0.05) is 5.69 Å². The molecule has 1 amide bonds. The van der Waals surface area contributed by atoms with Crippen LogP contribution in [0.15, 0.2) is 28.7 Å². The van der Waals surface area contributed by atoms with Crippen LogP contribution in [0.1, 0.15) is 27.4 Å². The second kappa shape index (κ2) is 4.64. The van der Waals surface area contributed by atoms with Crippen LogP contribution in [-0.4, -0.2) is 5.91 Å². The van der Waals surface area contributed by atoms with Gasteiger partial charge in [-0.05, 0) is 50.6 Å². The van der Waals surface area contributed by atoms with Crippen molar-refractivity contribution in [1.82, 2.24) is 0 Å². The Morgan fingerprint density at radius 1 is 1.22 bits per heavy atom. The predicted molar refractivity (Wildman–Crippen MR) is 67.3 cm³/mol. The van der Waals surface area contributed by atoms with Crippen molar-refractivity contribution in [2.45, 2.75) is 20.8 Å². The van der Waals surface area contributed by atoms with E-state index in [4.69, 9.17) is 4.42 Å². The summed E-state index contributed by atoms with van der Waals surface area (Å²) in [5.41, 5.74) is 1.78. The lowest BCUT2D eigenvalue weighted by molar-refractivity contribution is 0.102. The number of hydrogen-bond acceptors (Lipinski definition) is 2. The molecule has 0 spiro atoms. The van der Waals surface area contributed by atoms with Crippen LogP contribution < -0.4 is 5.32 Å². The van der Waals surface area contributed by atoms with Crippen LogP contribution in [0.2, 0.25) is 0 Å². The number of rotatable bonds is 2. The molecule has 4 heteroatoms. The van der Waals surface area contributed by atoms with Crippen LogP contribution in [0.4, 0.5) is 10.1 Å². The van der Waals surface area contributed by atoms with Crippen molar-refractivity contribution in [3.63, 3.8) is 0 Å². The summed E-state index contributed by atoms with van der Waals surface area (Å²) in [5, 5.41) is 2.74. The number of aryl methyl sites for hydroxylation is 3. The smallest absolute Gasteiger partial charge is 0.259 e. The molecule has 0 aliphatic rings. The Kier molecular flexibility index (Phi) is 3.19. The molecule has 0 unspecified atom stereocenters. The van der Waals surface area contributed by atoms with Gasteiger partial charge in [-0.1, -0.05) is 0 Å². The minimum Gasteiger partial charge on any atom is -0.466 e. The number of nitrogens with one attached hydrogen (secondary N) is 1. The van der Waals surface area contributed by atoms with E-state index < -0.39 is 0 Å². The van der Waals surface area contributed by atoms with Gasteiger partial charge in [-0.3, -0.25) is 4.79 Å². The highest BCUT2D eigenvalue weighted by Crippen LogP contribution is 2.19. The number of amides is 1. The second-order valence-corrected chi connectivity index (χ2v) is 4.24. The molecule has 1 aromatic heterocycles. The fourth-order valence-corrected chi connectivity index (χ4v) is 1.81. The molecule has 1 N–H and O–H groups in total. The van der Waals surface area contributed by atoms with E-state index in [1.54, 1.807) is 32.9 Å². The van der Waals surface area contributed by atoms with Gasteiger partial charge in [-0.15, -0.1) is 0 Å². The lowest BCUT2D eigenvalue weighted by Crippen LogP contribution is -2.13. The Bertz CT molecular complexity index is 602. The molecule has 0 radical (unpaired) electrons. The van der Waals surface area contributed by atoms with Gasteiger partial charge < -0.3 is 9.73 Å². The molecule has 0 saturated heterocycles. The molecule has 3 nitrogen and oxygen atoms in total. The molecule has 0 bridgehead atoms. The Hall–Kier alpha value is -2.10.